The summed E-state index contributed by atoms with van der Waals surface area (Å²) in [6, 6.07) is 19.4. The lowest BCUT2D eigenvalue weighted by molar-refractivity contribution is 0.179. The van der Waals surface area contributed by atoms with E-state index in [2.05, 4.69) is 15.1 Å². The molecule has 0 bridgehead atoms. The number of aromatic nitrogens is 5. The number of rotatable bonds is 4. The Morgan fingerprint density at radius 3 is 2.59 bits per heavy atom. The normalized spacial score (nSPS) is 15.9. The molecule has 1 unspecified atom stereocenters. The van der Waals surface area contributed by atoms with Crippen molar-refractivity contribution in [2.45, 2.75) is 6.04 Å². The summed E-state index contributed by atoms with van der Waals surface area (Å²) in [6.07, 6.45) is 6.72. The maximum absolute atomic E-state index is 12.6. The average Bonchev–Trinajstić information content (AvgIpc) is 3.59. The van der Waals surface area contributed by atoms with E-state index >= 15 is 0 Å². The molecule has 4 heterocycles. The monoisotopic (exact) mass is 422 g/mol. The fourth-order valence-electron chi connectivity index (χ4n) is 4.02. The summed E-state index contributed by atoms with van der Waals surface area (Å²) < 4.78 is 7.07. The van der Waals surface area contributed by atoms with Gasteiger partial charge in [0.15, 0.2) is 5.65 Å². The van der Waals surface area contributed by atoms with Gasteiger partial charge in [-0.1, -0.05) is 54.6 Å². The number of cyclic esters (lactones) is 1. The largest absolute Gasteiger partial charge is 0.447 e. The topological polar surface area (TPSA) is 88.4 Å². The first-order chi connectivity index (χ1) is 15.8. The van der Waals surface area contributed by atoms with Gasteiger partial charge in [0, 0.05) is 29.7 Å². The van der Waals surface area contributed by atoms with Crippen LogP contribution in [0.3, 0.4) is 0 Å². The van der Waals surface area contributed by atoms with E-state index in [4.69, 9.17) is 9.72 Å². The molecule has 1 aliphatic heterocycles. The molecule has 1 saturated heterocycles. The number of fused-ring (bicyclic) bond motifs is 1. The number of hydrogen-bond acceptors (Lipinski definition) is 5. The number of nitrogens with one attached hydrogen (secondary N) is 1. The predicted octanol–water partition coefficient (Wildman–Crippen LogP) is 4.48. The number of amides is 1. The molecule has 0 aliphatic carbocycles. The molecule has 1 aliphatic rings. The van der Waals surface area contributed by atoms with Crippen molar-refractivity contribution in [1.82, 2.24) is 24.6 Å². The van der Waals surface area contributed by atoms with Crippen LogP contribution in [0.2, 0.25) is 0 Å². The molecular weight excluding hydrogens is 404 g/mol. The second-order valence-corrected chi connectivity index (χ2v) is 7.50. The number of anilines is 1. The maximum Gasteiger partial charge on any atom is 0.416 e. The van der Waals surface area contributed by atoms with Gasteiger partial charge in [0.25, 0.3) is 0 Å². The zero-order valence-corrected chi connectivity index (χ0v) is 16.9. The third-order valence-corrected chi connectivity index (χ3v) is 5.63. The number of aromatic amines is 1. The van der Waals surface area contributed by atoms with Gasteiger partial charge in [-0.2, -0.15) is 5.10 Å². The molecule has 1 fully saturated rings. The Morgan fingerprint density at radius 1 is 1.00 bits per heavy atom. The van der Waals surface area contributed by atoms with Crippen molar-refractivity contribution >= 4 is 17.6 Å². The molecule has 3 aromatic heterocycles. The van der Waals surface area contributed by atoms with Crippen LogP contribution < -0.4 is 4.90 Å². The van der Waals surface area contributed by atoms with E-state index in [0.717, 1.165) is 28.1 Å². The van der Waals surface area contributed by atoms with E-state index in [9.17, 15) is 4.79 Å². The lowest BCUT2D eigenvalue weighted by Crippen LogP contribution is -2.28. The summed E-state index contributed by atoms with van der Waals surface area (Å²) in [7, 11) is 0. The zero-order valence-electron chi connectivity index (χ0n) is 16.9. The lowest BCUT2D eigenvalue weighted by atomic mass is 10.1. The molecule has 2 aromatic carbocycles. The maximum atomic E-state index is 12.6. The molecule has 6 rings (SSSR count). The highest BCUT2D eigenvalue weighted by molar-refractivity contribution is 5.90. The van der Waals surface area contributed by atoms with Gasteiger partial charge in [-0.15, -0.1) is 0 Å². The lowest BCUT2D eigenvalue weighted by Gasteiger charge is -2.20. The minimum Gasteiger partial charge on any atom is -0.447 e. The van der Waals surface area contributed by atoms with Crippen LogP contribution >= 0.6 is 0 Å². The fraction of sp³-hybridized carbons (Fsp3) is 0.0833. The SMILES string of the molecule is O=C1OCC(c2ccccc2)N1c1ccn2ncc(-c3ccc(-c4ncc[nH]4)cc3)c2n1. The Hall–Kier alpha value is -4.46. The minimum atomic E-state index is -0.403. The smallest absolute Gasteiger partial charge is 0.416 e. The number of carbonyl (C=O) groups excluding carboxylic acids is 1. The first-order valence-corrected chi connectivity index (χ1v) is 10.2. The highest BCUT2D eigenvalue weighted by atomic mass is 16.6. The molecule has 8 heteroatoms. The Labute approximate surface area is 183 Å². The second-order valence-electron chi connectivity index (χ2n) is 7.50. The zero-order chi connectivity index (χ0) is 21.5. The number of ether oxygens (including phenoxy) is 1. The van der Waals surface area contributed by atoms with Crippen LogP contribution in [0.5, 0.6) is 0 Å². The van der Waals surface area contributed by atoms with Crippen LogP contribution in [0, 0.1) is 0 Å². The molecule has 5 aromatic rings. The molecule has 32 heavy (non-hydrogen) atoms. The van der Waals surface area contributed by atoms with Crippen LogP contribution in [0.25, 0.3) is 28.2 Å². The number of imidazole rings is 1. The van der Waals surface area contributed by atoms with E-state index < -0.39 is 6.09 Å². The molecule has 8 nitrogen and oxygen atoms in total. The van der Waals surface area contributed by atoms with Gasteiger partial charge in [0.05, 0.1) is 6.20 Å². The first kappa shape index (κ1) is 18.3. The second kappa shape index (κ2) is 7.35. The summed E-state index contributed by atoms with van der Waals surface area (Å²) in [5, 5.41) is 4.43. The quantitative estimate of drug-likeness (QED) is 0.461. The van der Waals surface area contributed by atoms with Crippen molar-refractivity contribution in [3.8, 4) is 22.5 Å². The molecular formula is C24H18N6O2. The molecule has 1 N–H and O–H groups in total. The summed E-state index contributed by atoms with van der Waals surface area (Å²) in [6.45, 7) is 0.288. The van der Waals surface area contributed by atoms with E-state index in [1.165, 1.54) is 0 Å². The Balaban J connectivity index is 1.39. The fourth-order valence-corrected chi connectivity index (χ4v) is 4.02. The van der Waals surface area contributed by atoms with Gasteiger partial charge in [-0.25, -0.2) is 19.3 Å². The summed E-state index contributed by atoms with van der Waals surface area (Å²) in [4.78, 5) is 26.4. The third kappa shape index (κ3) is 3.01. The number of benzene rings is 2. The molecule has 0 radical (unpaired) electrons. The van der Waals surface area contributed by atoms with Crippen LogP contribution in [0.4, 0.5) is 10.6 Å². The highest BCUT2D eigenvalue weighted by Gasteiger charge is 2.36. The average molecular weight is 422 g/mol. The number of nitrogens with zero attached hydrogens (tertiary/aromatic N) is 5. The van der Waals surface area contributed by atoms with Gasteiger partial charge in [-0.3, -0.25) is 4.90 Å². The van der Waals surface area contributed by atoms with E-state index in [1.807, 2.05) is 60.8 Å². The number of hydrogen-bond donors (Lipinski definition) is 1. The Kier molecular flexibility index (Phi) is 4.21. The number of H-pyrrole nitrogens is 1. The van der Waals surface area contributed by atoms with Crippen molar-refractivity contribution in [2.24, 2.45) is 0 Å². The van der Waals surface area contributed by atoms with Crippen LogP contribution in [-0.2, 0) is 4.74 Å². The van der Waals surface area contributed by atoms with Crippen molar-refractivity contribution in [1.29, 1.82) is 0 Å². The summed E-state index contributed by atoms with van der Waals surface area (Å²) in [5.74, 6) is 1.35. The van der Waals surface area contributed by atoms with Gasteiger partial charge < -0.3 is 9.72 Å². The Morgan fingerprint density at radius 2 is 1.81 bits per heavy atom. The van der Waals surface area contributed by atoms with E-state index in [0.29, 0.717) is 11.5 Å². The van der Waals surface area contributed by atoms with Crippen molar-refractivity contribution in [3.63, 3.8) is 0 Å². The Bertz CT molecular complexity index is 1390. The van der Waals surface area contributed by atoms with Gasteiger partial charge in [0.1, 0.15) is 24.3 Å². The van der Waals surface area contributed by atoms with Crippen molar-refractivity contribution in [2.75, 3.05) is 11.5 Å². The molecule has 156 valence electrons. The van der Waals surface area contributed by atoms with Crippen molar-refractivity contribution in [3.05, 3.63) is 91.0 Å². The summed E-state index contributed by atoms with van der Waals surface area (Å²) in [5.41, 5.74) is 4.52. The predicted molar refractivity (Wildman–Crippen MR) is 119 cm³/mol. The third-order valence-electron chi connectivity index (χ3n) is 5.63. The van der Waals surface area contributed by atoms with Crippen LogP contribution in [0.15, 0.2) is 85.5 Å². The standard InChI is InChI=1S/C24H18N6O2/c31-24-30(20(15-32-24)17-4-2-1-3-5-17)21-10-13-29-23(28-21)19(14-27-29)16-6-8-18(9-7-16)22-25-11-12-26-22/h1-14,20H,15H2,(H,25,26). The minimum absolute atomic E-state index is 0.224. The molecule has 1 amide bonds. The van der Waals surface area contributed by atoms with Crippen molar-refractivity contribution < 1.29 is 9.53 Å². The molecule has 0 spiro atoms. The highest BCUT2D eigenvalue weighted by Crippen LogP contribution is 2.33. The van der Waals surface area contributed by atoms with Crippen LogP contribution in [0.1, 0.15) is 11.6 Å². The molecule has 0 saturated carbocycles. The summed E-state index contributed by atoms with van der Waals surface area (Å²) >= 11 is 0. The van der Waals surface area contributed by atoms with Crippen LogP contribution in [-0.4, -0.2) is 37.3 Å². The first-order valence-electron chi connectivity index (χ1n) is 10.2. The van der Waals surface area contributed by atoms with E-state index in [-0.39, 0.29) is 12.6 Å². The molecule has 1 atom stereocenters. The number of carbonyl (C=O) groups is 1. The van der Waals surface area contributed by atoms with Gasteiger partial charge >= 0.3 is 6.09 Å². The van der Waals surface area contributed by atoms with Gasteiger partial charge in [0.2, 0.25) is 0 Å². The van der Waals surface area contributed by atoms with Gasteiger partial charge in [-0.05, 0) is 17.2 Å². The van der Waals surface area contributed by atoms with E-state index in [1.54, 1.807) is 34.1 Å².